The van der Waals surface area contributed by atoms with Crippen molar-refractivity contribution in [3.63, 3.8) is 0 Å². The average Bonchev–Trinajstić information content (AvgIpc) is 2.88. The first-order valence-electron chi connectivity index (χ1n) is 5.48. The zero-order valence-corrected chi connectivity index (χ0v) is 10.5. The van der Waals surface area contributed by atoms with Crippen molar-refractivity contribution in [3.8, 4) is 0 Å². The van der Waals surface area contributed by atoms with Gasteiger partial charge in [-0.25, -0.2) is 0 Å². The Bertz CT molecular complexity index is 431. The van der Waals surface area contributed by atoms with E-state index in [-0.39, 0.29) is 0 Å². The van der Waals surface area contributed by atoms with Gasteiger partial charge in [0.1, 0.15) is 0 Å². The highest BCUT2D eigenvalue weighted by atomic mass is 32.1. The third-order valence-electron chi connectivity index (χ3n) is 2.78. The second-order valence-corrected chi connectivity index (χ2v) is 4.92. The minimum Gasteiger partial charge on any atom is -0.312 e. The minimum absolute atomic E-state index is 0.908. The van der Waals surface area contributed by atoms with Gasteiger partial charge in [0.25, 0.3) is 0 Å². The van der Waals surface area contributed by atoms with Crippen molar-refractivity contribution in [2.45, 2.75) is 19.9 Å². The Balaban J connectivity index is 1.74. The molecule has 0 spiro atoms. The van der Waals surface area contributed by atoms with Crippen LogP contribution in [0.15, 0.2) is 23.7 Å². The summed E-state index contributed by atoms with van der Waals surface area (Å²) in [5.74, 6) is 0. The van der Waals surface area contributed by atoms with E-state index in [0.29, 0.717) is 0 Å². The van der Waals surface area contributed by atoms with Crippen LogP contribution in [0.5, 0.6) is 0 Å². The SMILES string of the molecule is Cc1c(CNCCc2cccs2)cnn1C. The second-order valence-electron chi connectivity index (χ2n) is 3.88. The van der Waals surface area contributed by atoms with Crippen molar-refractivity contribution in [3.05, 3.63) is 39.8 Å². The number of aromatic nitrogens is 2. The summed E-state index contributed by atoms with van der Waals surface area (Å²) in [6.07, 6.45) is 3.05. The Morgan fingerprint density at radius 1 is 1.50 bits per heavy atom. The largest absolute Gasteiger partial charge is 0.312 e. The van der Waals surface area contributed by atoms with Crippen molar-refractivity contribution in [1.29, 1.82) is 0 Å². The Labute approximate surface area is 100 Å². The molecule has 1 N–H and O–H groups in total. The normalized spacial score (nSPS) is 10.9. The molecular formula is C12H17N3S. The highest BCUT2D eigenvalue weighted by molar-refractivity contribution is 7.09. The number of rotatable bonds is 5. The van der Waals surface area contributed by atoms with Crippen molar-refractivity contribution in [2.75, 3.05) is 6.54 Å². The molecule has 0 saturated heterocycles. The third-order valence-corrected chi connectivity index (χ3v) is 3.72. The molecule has 0 aliphatic carbocycles. The number of nitrogens with zero attached hydrogens (tertiary/aromatic N) is 2. The lowest BCUT2D eigenvalue weighted by molar-refractivity contribution is 0.683. The molecule has 0 saturated carbocycles. The van der Waals surface area contributed by atoms with Gasteiger partial charge in [-0.3, -0.25) is 4.68 Å². The van der Waals surface area contributed by atoms with Gasteiger partial charge in [-0.05, 0) is 24.8 Å². The predicted octanol–water partition coefficient (Wildman–Crippen LogP) is 2.12. The topological polar surface area (TPSA) is 29.9 Å². The molecule has 0 unspecified atom stereocenters. The van der Waals surface area contributed by atoms with Crippen molar-refractivity contribution in [1.82, 2.24) is 15.1 Å². The number of hydrogen-bond acceptors (Lipinski definition) is 3. The van der Waals surface area contributed by atoms with E-state index >= 15 is 0 Å². The molecule has 4 heteroatoms. The zero-order valence-electron chi connectivity index (χ0n) is 9.73. The molecule has 3 nitrogen and oxygen atoms in total. The number of aryl methyl sites for hydroxylation is 1. The van der Waals surface area contributed by atoms with E-state index < -0.39 is 0 Å². The third kappa shape index (κ3) is 2.71. The summed E-state index contributed by atoms with van der Waals surface area (Å²) in [5, 5.41) is 9.80. The fourth-order valence-electron chi connectivity index (χ4n) is 1.61. The molecule has 0 aliphatic heterocycles. The molecule has 2 heterocycles. The van der Waals surface area contributed by atoms with E-state index in [1.165, 1.54) is 16.1 Å². The van der Waals surface area contributed by atoms with Crippen LogP contribution < -0.4 is 5.32 Å². The summed E-state index contributed by atoms with van der Waals surface area (Å²) in [7, 11) is 1.98. The molecule has 0 aromatic carbocycles. The highest BCUT2D eigenvalue weighted by Crippen LogP contribution is 2.09. The molecular weight excluding hydrogens is 218 g/mol. The van der Waals surface area contributed by atoms with Crippen LogP contribution >= 0.6 is 11.3 Å². The minimum atomic E-state index is 0.908. The standard InChI is InChI=1S/C12H17N3S/c1-10-11(9-14-15(10)2)8-13-6-5-12-4-3-7-16-12/h3-4,7,9,13H,5-6,8H2,1-2H3. The van der Waals surface area contributed by atoms with Crippen molar-refractivity contribution < 1.29 is 0 Å². The van der Waals surface area contributed by atoms with Gasteiger partial charge in [-0.1, -0.05) is 6.07 Å². The summed E-state index contributed by atoms with van der Waals surface area (Å²) < 4.78 is 1.91. The molecule has 2 aromatic rings. The molecule has 0 radical (unpaired) electrons. The smallest absolute Gasteiger partial charge is 0.0537 e. The number of thiophene rings is 1. The summed E-state index contributed by atoms with van der Waals surface area (Å²) in [5.41, 5.74) is 2.53. The monoisotopic (exact) mass is 235 g/mol. The van der Waals surface area contributed by atoms with Crippen molar-refractivity contribution >= 4 is 11.3 Å². The van der Waals surface area contributed by atoms with Crippen LogP contribution in [-0.4, -0.2) is 16.3 Å². The molecule has 16 heavy (non-hydrogen) atoms. The Kier molecular flexibility index (Phi) is 3.74. The number of nitrogens with one attached hydrogen (secondary N) is 1. The van der Waals surface area contributed by atoms with Gasteiger partial charge >= 0.3 is 0 Å². The molecule has 0 aliphatic rings. The molecule has 0 bridgehead atoms. The lowest BCUT2D eigenvalue weighted by Crippen LogP contribution is -2.16. The summed E-state index contributed by atoms with van der Waals surface area (Å²) in [4.78, 5) is 1.44. The van der Waals surface area contributed by atoms with Crippen LogP contribution in [0.1, 0.15) is 16.1 Å². The molecule has 0 fully saturated rings. The fourth-order valence-corrected chi connectivity index (χ4v) is 2.32. The van der Waals surface area contributed by atoms with Gasteiger partial charge in [-0.2, -0.15) is 5.10 Å². The lowest BCUT2D eigenvalue weighted by atomic mass is 10.2. The van der Waals surface area contributed by atoms with E-state index in [1.54, 1.807) is 0 Å². The molecule has 2 rings (SSSR count). The first kappa shape index (κ1) is 11.4. The van der Waals surface area contributed by atoms with Gasteiger partial charge in [0.15, 0.2) is 0 Å². The Morgan fingerprint density at radius 3 is 3.00 bits per heavy atom. The maximum Gasteiger partial charge on any atom is 0.0537 e. The van der Waals surface area contributed by atoms with Crippen LogP contribution in [0.4, 0.5) is 0 Å². The van der Waals surface area contributed by atoms with Crippen LogP contribution in [0.2, 0.25) is 0 Å². The molecule has 2 aromatic heterocycles. The van der Waals surface area contributed by atoms with E-state index in [0.717, 1.165) is 19.5 Å². The van der Waals surface area contributed by atoms with Gasteiger partial charge in [0.05, 0.1) is 6.20 Å². The first-order chi connectivity index (χ1) is 7.77. The van der Waals surface area contributed by atoms with Crippen LogP contribution in [0.3, 0.4) is 0 Å². The Morgan fingerprint density at radius 2 is 2.38 bits per heavy atom. The average molecular weight is 235 g/mol. The quantitative estimate of drug-likeness (QED) is 0.805. The predicted molar refractivity (Wildman–Crippen MR) is 67.7 cm³/mol. The van der Waals surface area contributed by atoms with Gasteiger partial charge < -0.3 is 5.32 Å². The summed E-state index contributed by atoms with van der Waals surface area (Å²) >= 11 is 1.82. The second kappa shape index (κ2) is 5.27. The fraction of sp³-hybridized carbons (Fsp3) is 0.417. The van der Waals surface area contributed by atoms with Crippen LogP contribution in [-0.2, 0) is 20.0 Å². The van der Waals surface area contributed by atoms with Gasteiger partial charge in [-0.15, -0.1) is 11.3 Å². The summed E-state index contributed by atoms with van der Waals surface area (Å²) in [6, 6.07) is 4.28. The van der Waals surface area contributed by atoms with Crippen LogP contribution in [0, 0.1) is 6.92 Å². The zero-order chi connectivity index (χ0) is 11.4. The maximum atomic E-state index is 4.22. The van der Waals surface area contributed by atoms with E-state index in [9.17, 15) is 0 Å². The maximum absolute atomic E-state index is 4.22. The summed E-state index contributed by atoms with van der Waals surface area (Å²) in [6.45, 7) is 4.03. The van der Waals surface area contributed by atoms with E-state index in [2.05, 4.69) is 34.9 Å². The van der Waals surface area contributed by atoms with Gasteiger partial charge in [0.2, 0.25) is 0 Å². The van der Waals surface area contributed by atoms with E-state index in [4.69, 9.17) is 0 Å². The first-order valence-corrected chi connectivity index (χ1v) is 6.36. The Hall–Kier alpha value is -1.13. The van der Waals surface area contributed by atoms with Crippen LogP contribution in [0.25, 0.3) is 0 Å². The lowest BCUT2D eigenvalue weighted by Gasteiger charge is -2.03. The molecule has 0 atom stereocenters. The van der Waals surface area contributed by atoms with Gasteiger partial charge in [0, 0.05) is 36.3 Å². The molecule has 0 amide bonds. The highest BCUT2D eigenvalue weighted by Gasteiger charge is 2.02. The number of hydrogen-bond donors (Lipinski definition) is 1. The van der Waals surface area contributed by atoms with E-state index in [1.807, 2.05) is 29.3 Å². The molecule has 86 valence electrons. The van der Waals surface area contributed by atoms with Crippen molar-refractivity contribution in [2.24, 2.45) is 7.05 Å².